The first-order valence-electron chi connectivity index (χ1n) is 6.93. The van der Waals surface area contributed by atoms with Crippen LogP contribution in [0.5, 0.6) is 0 Å². The maximum atomic E-state index is 12.6. The number of hydrogen-bond donors (Lipinski definition) is 2. The number of para-hydroxylation sites is 1. The molecular formula is C15H18N2O4. The highest BCUT2D eigenvalue weighted by Crippen LogP contribution is 2.20. The van der Waals surface area contributed by atoms with Crippen LogP contribution in [0, 0.1) is 5.92 Å². The molecule has 112 valence electrons. The lowest BCUT2D eigenvalue weighted by Crippen LogP contribution is -2.38. The molecule has 1 atom stereocenters. The van der Waals surface area contributed by atoms with Crippen LogP contribution in [-0.2, 0) is 14.4 Å². The van der Waals surface area contributed by atoms with Crippen molar-refractivity contribution in [3.8, 4) is 0 Å². The summed E-state index contributed by atoms with van der Waals surface area (Å²) in [6, 6.07) is 9.12. The molecule has 1 fully saturated rings. The molecule has 1 saturated heterocycles. The van der Waals surface area contributed by atoms with Crippen molar-refractivity contribution < 1.29 is 19.5 Å². The lowest BCUT2D eigenvalue weighted by molar-refractivity contribution is -0.137. The smallest absolute Gasteiger partial charge is 0.303 e. The maximum Gasteiger partial charge on any atom is 0.303 e. The number of carbonyl (C=O) groups is 3. The van der Waals surface area contributed by atoms with Crippen molar-refractivity contribution in [1.82, 2.24) is 5.32 Å². The average Bonchev–Trinajstić information content (AvgIpc) is 2.90. The van der Waals surface area contributed by atoms with Crippen LogP contribution < -0.4 is 10.2 Å². The van der Waals surface area contributed by atoms with E-state index in [1.807, 2.05) is 30.3 Å². The van der Waals surface area contributed by atoms with Crippen LogP contribution in [0.2, 0.25) is 0 Å². The highest BCUT2D eigenvalue weighted by molar-refractivity contribution is 5.99. The zero-order valence-electron chi connectivity index (χ0n) is 11.6. The molecule has 1 heterocycles. The molecule has 1 aliphatic rings. The lowest BCUT2D eigenvalue weighted by atomic mass is 10.1. The molecule has 1 aromatic carbocycles. The summed E-state index contributed by atoms with van der Waals surface area (Å²) >= 11 is 0. The largest absolute Gasteiger partial charge is 0.481 e. The second-order valence-corrected chi connectivity index (χ2v) is 5.03. The fourth-order valence-corrected chi connectivity index (χ4v) is 2.36. The molecule has 0 saturated carbocycles. The van der Waals surface area contributed by atoms with Crippen LogP contribution >= 0.6 is 0 Å². The van der Waals surface area contributed by atoms with Crippen molar-refractivity contribution in [2.75, 3.05) is 18.0 Å². The fourth-order valence-electron chi connectivity index (χ4n) is 2.36. The number of anilines is 1. The van der Waals surface area contributed by atoms with Crippen LogP contribution in [0.3, 0.4) is 0 Å². The third kappa shape index (κ3) is 4.05. The molecule has 1 aromatic rings. The number of rotatable bonds is 6. The monoisotopic (exact) mass is 290 g/mol. The summed E-state index contributed by atoms with van der Waals surface area (Å²) in [5.74, 6) is -1.51. The van der Waals surface area contributed by atoms with Crippen LogP contribution in [0.1, 0.15) is 19.3 Å². The van der Waals surface area contributed by atoms with E-state index in [0.29, 0.717) is 19.5 Å². The van der Waals surface area contributed by atoms with E-state index >= 15 is 0 Å². The molecular weight excluding hydrogens is 272 g/mol. The van der Waals surface area contributed by atoms with Crippen molar-refractivity contribution in [1.29, 1.82) is 0 Å². The second-order valence-electron chi connectivity index (χ2n) is 5.03. The van der Waals surface area contributed by atoms with Gasteiger partial charge in [-0.2, -0.15) is 0 Å². The van der Waals surface area contributed by atoms with Gasteiger partial charge in [0.2, 0.25) is 11.8 Å². The van der Waals surface area contributed by atoms with Crippen molar-refractivity contribution in [3.05, 3.63) is 30.3 Å². The van der Waals surface area contributed by atoms with E-state index in [9.17, 15) is 14.4 Å². The summed E-state index contributed by atoms with van der Waals surface area (Å²) in [4.78, 5) is 36.0. The number of carboxylic acid groups (broad SMARTS) is 1. The molecule has 6 heteroatoms. The Hall–Kier alpha value is -2.37. The predicted molar refractivity (Wildman–Crippen MR) is 76.8 cm³/mol. The molecule has 0 radical (unpaired) electrons. The van der Waals surface area contributed by atoms with Gasteiger partial charge in [0.25, 0.3) is 0 Å². The van der Waals surface area contributed by atoms with Crippen LogP contribution in [0.15, 0.2) is 30.3 Å². The van der Waals surface area contributed by atoms with Gasteiger partial charge in [0.1, 0.15) is 0 Å². The standard InChI is InChI=1S/C15H18N2O4/c18-13-9-11(10-16-13)15(21)17(8-4-7-14(19)20)12-5-2-1-3-6-12/h1-3,5-6,11H,4,7-10H2,(H,16,18)(H,19,20). The van der Waals surface area contributed by atoms with Gasteiger partial charge in [0.15, 0.2) is 0 Å². The first kappa shape index (κ1) is 15.0. The second kappa shape index (κ2) is 6.88. The van der Waals surface area contributed by atoms with Crippen molar-refractivity contribution >= 4 is 23.5 Å². The van der Waals surface area contributed by atoms with Gasteiger partial charge in [-0.3, -0.25) is 14.4 Å². The third-order valence-electron chi connectivity index (χ3n) is 3.43. The van der Waals surface area contributed by atoms with E-state index in [0.717, 1.165) is 5.69 Å². The van der Waals surface area contributed by atoms with Crippen molar-refractivity contribution in [3.63, 3.8) is 0 Å². The number of nitrogens with zero attached hydrogens (tertiary/aromatic N) is 1. The number of nitrogens with one attached hydrogen (secondary N) is 1. The minimum Gasteiger partial charge on any atom is -0.481 e. The summed E-state index contributed by atoms with van der Waals surface area (Å²) in [5.41, 5.74) is 0.729. The van der Waals surface area contributed by atoms with Crippen LogP contribution in [0.4, 0.5) is 5.69 Å². The van der Waals surface area contributed by atoms with Crippen molar-refractivity contribution in [2.45, 2.75) is 19.3 Å². The topological polar surface area (TPSA) is 86.7 Å². The summed E-state index contributed by atoms with van der Waals surface area (Å²) in [6.45, 7) is 0.680. The van der Waals surface area contributed by atoms with Gasteiger partial charge in [-0.15, -0.1) is 0 Å². The molecule has 6 nitrogen and oxygen atoms in total. The summed E-state index contributed by atoms with van der Waals surface area (Å²) < 4.78 is 0. The number of benzene rings is 1. The third-order valence-corrected chi connectivity index (χ3v) is 3.43. The lowest BCUT2D eigenvalue weighted by Gasteiger charge is -2.25. The zero-order valence-corrected chi connectivity index (χ0v) is 11.6. The average molecular weight is 290 g/mol. The maximum absolute atomic E-state index is 12.6. The van der Waals surface area contributed by atoms with E-state index in [1.165, 1.54) is 0 Å². The molecule has 0 aliphatic carbocycles. The van der Waals surface area contributed by atoms with Crippen LogP contribution in [-0.4, -0.2) is 36.0 Å². The zero-order chi connectivity index (χ0) is 15.2. The Morgan fingerprint density at radius 3 is 2.57 bits per heavy atom. The first-order valence-corrected chi connectivity index (χ1v) is 6.93. The SMILES string of the molecule is O=C(O)CCCN(C(=O)C1CNC(=O)C1)c1ccccc1. The van der Waals surface area contributed by atoms with E-state index in [2.05, 4.69) is 5.32 Å². The van der Waals surface area contributed by atoms with Gasteiger partial charge in [0, 0.05) is 31.6 Å². The number of hydrogen-bond acceptors (Lipinski definition) is 3. The number of carbonyl (C=O) groups excluding carboxylic acids is 2. The molecule has 0 spiro atoms. The number of aliphatic carboxylic acids is 1. The Morgan fingerprint density at radius 1 is 1.29 bits per heavy atom. The molecule has 1 aliphatic heterocycles. The highest BCUT2D eigenvalue weighted by Gasteiger charge is 2.31. The predicted octanol–water partition coefficient (Wildman–Crippen LogP) is 1.02. The van der Waals surface area contributed by atoms with E-state index < -0.39 is 5.97 Å². The Balaban J connectivity index is 2.09. The minimum atomic E-state index is -0.881. The molecule has 1 unspecified atom stereocenters. The molecule has 2 amide bonds. The highest BCUT2D eigenvalue weighted by atomic mass is 16.4. The van der Waals surface area contributed by atoms with E-state index in [-0.39, 0.29) is 30.6 Å². The Kier molecular flexibility index (Phi) is 4.92. The summed E-state index contributed by atoms with van der Waals surface area (Å²) in [5, 5.41) is 11.4. The van der Waals surface area contributed by atoms with E-state index in [4.69, 9.17) is 5.11 Å². The van der Waals surface area contributed by atoms with Crippen molar-refractivity contribution in [2.24, 2.45) is 5.92 Å². The quantitative estimate of drug-likeness (QED) is 0.819. The Bertz CT molecular complexity index is 530. The molecule has 0 bridgehead atoms. The normalized spacial score (nSPS) is 17.3. The molecule has 21 heavy (non-hydrogen) atoms. The Labute approximate surface area is 122 Å². The van der Waals surface area contributed by atoms with E-state index in [1.54, 1.807) is 4.90 Å². The number of amides is 2. The van der Waals surface area contributed by atoms with Gasteiger partial charge in [-0.1, -0.05) is 18.2 Å². The van der Waals surface area contributed by atoms with Gasteiger partial charge >= 0.3 is 5.97 Å². The van der Waals surface area contributed by atoms with Gasteiger partial charge in [0.05, 0.1) is 5.92 Å². The number of carboxylic acids is 1. The molecule has 2 rings (SSSR count). The summed E-state index contributed by atoms with van der Waals surface area (Å²) in [7, 11) is 0. The van der Waals surface area contributed by atoms with Gasteiger partial charge in [-0.05, 0) is 18.6 Å². The molecule has 0 aromatic heterocycles. The van der Waals surface area contributed by atoms with Crippen LogP contribution in [0.25, 0.3) is 0 Å². The molecule has 2 N–H and O–H groups in total. The van der Waals surface area contributed by atoms with Gasteiger partial charge in [-0.25, -0.2) is 0 Å². The first-order chi connectivity index (χ1) is 10.1. The van der Waals surface area contributed by atoms with Gasteiger partial charge < -0.3 is 15.3 Å². The minimum absolute atomic E-state index is 0.0124. The fraction of sp³-hybridized carbons (Fsp3) is 0.400. The Morgan fingerprint density at radius 2 is 2.00 bits per heavy atom. The summed E-state index contributed by atoms with van der Waals surface area (Å²) in [6.07, 6.45) is 0.587.